The van der Waals surface area contributed by atoms with Gasteiger partial charge < -0.3 is 10.1 Å². The number of hydrogen-bond acceptors (Lipinski definition) is 3. The fourth-order valence-electron chi connectivity index (χ4n) is 1.59. The van der Waals surface area contributed by atoms with E-state index < -0.39 is 12.0 Å². The molecule has 17 heavy (non-hydrogen) atoms. The Kier molecular flexibility index (Phi) is 5.20. The lowest BCUT2D eigenvalue weighted by Gasteiger charge is -2.15. The van der Waals surface area contributed by atoms with Crippen LogP contribution >= 0.6 is 0 Å². The van der Waals surface area contributed by atoms with Crippen LogP contribution in [0, 0.1) is 0 Å². The van der Waals surface area contributed by atoms with Gasteiger partial charge in [0.2, 0.25) is 5.91 Å². The van der Waals surface area contributed by atoms with Crippen molar-refractivity contribution in [3.63, 3.8) is 0 Å². The van der Waals surface area contributed by atoms with E-state index in [0.717, 1.165) is 12.0 Å². The molecule has 1 amide bonds. The minimum absolute atomic E-state index is 0.228. The number of carbonyl (C=O) groups excluding carboxylic acids is 2. The van der Waals surface area contributed by atoms with Gasteiger partial charge in [-0.15, -0.1) is 0 Å². The van der Waals surface area contributed by atoms with Gasteiger partial charge in [0.15, 0.2) is 0 Å². The van der Waals surface area contributed by atoms with Crippen molar-refractivity contribution in [1.29, 1.82) is 0 Å². The van der Waals surface area contributed by atoms with Crippen LogP contribution in [0.25, 0.3) is 0 Å². The summed E-state index contributed by atoms with van der Waals surface area (Å²) < 4.78 is 4.65. The molecular formula is C13H17NO3. The number of aryl methyl sites for hydroxylation is 1. The summed E-state index contributed by atoms with van der Waals surface area (Å²) in [5.41, 5.74) is 1.13. The highest BCUT2D eigenvalue weighted by molar-refractivity contribution is 5.83. The Hall–Kier alpha value is -1.84. The van der Waals surface area contributed by atoms with Crippen LogP contribution in [0.1, 0.15) is 18.9 Å². The van der Waals surface area contributed by atoms with Crippen molar-refractivity contribution in [2.24, 2.45) is 0 Å². The maximum absolute atomic E-state index is 11.4. The highest BCUT2D eigenvalue weighted by Gasteiger charge is 2.19. The quantitative estimate of drug-likeness (QED) is 0.782. The monoisotopic (exact) mass is 235 g/mol. The van der Waals surface area contributed by atoms with Gasteiger partial charge >= 0.3 is 5.97 Å². The molecule has 0 saturated carbocycles. The maximum Gasteiger partial charge on any atom is 0.328 e. The van der Waals surface area contributed by atoms with Crippen LogP contribution in [0.2, 0.25) is 0 Å². The molecule has 0 fully saturated rings. The number of nitrogens with one attached hydrogen (secondary N) is 1. The summed E-state index contributed by atoms with van der Waals surface area (Å²) in [6.45, 7) is 1.39. The zero-order chi connectivity index (χ0) is 12.7. The Morgan fingerprint density at radius 1 is 1.29 bits per heavy atom. The molecule has 1 rings (SSSR count). The van der Waals surface area contributed by atoms with Crippen molar-refractivity contribution in [1.82, 2.24) is 5.32 Å². The number of esters is 1. The molecule has 0 bridgehead atoms. The van der Waals surface area contributed by atoms with Crippen molar-refractivity contribution in [3.8, 4) is 0 Å². The van der Waals surface area contributed by atoms with Gasteiger partial charge in [-0.05, 0) is 18.4 Å². The van der Waals surface area contributed by atoms with Gasteiger partial charge in [-0.3, -0.25) is 4.79 Å². The summed E-state index contributed by atoms with van der Waals surface area (Å²) in [5.74, 6) is -0.635. The molecule has 92 valence electrons. The lowest BCUT2D eigenvalue weighted by atomic mass is 10.1. The lowest BCUT2D eigenvalue weighted by Crippen LogP contribution is -2.40. The average molecular weight is 235 g/mol. The number of carbonyl (C=O) groups is 2. The molecular weight excluding hydrogens is 218 g/mol. The Balaban J connectivity index is 2.55. The largest absolute Gasteiger partial charge is 0.467 e. The molecule has 0 aliphatic heterocycles. The Morgan fingerprint density at radius 3 is 2.47 bits per heavy atom. The van der Waals surface area contributed by atoms with E-state index in [9.17, 15) is 9.59 Å². The summed E-state index contributed by atoms with van der Waals surface area (Å²) in [4.78, 5) is 22.4. The van der Waals surface area contributed by atoms with Crippen molar-refractivity contribution in [2.45, 2.75) is 25.8 Å². The molecule has 0 heterocycles. The first-order chi connectivity index (χ1) is 8.13. The smallest absolute Gasteiger partial charge is 0.328 e. The lowest BCUT2D eigenvalue weighted by molar-refractivity contribution is -0.145. The zero-order valence-corrected chi connectivity index (χ0v) is 10.1. The normalized spacial score (nSPS) is 11.6. The second-order valence-corrected chi connectivity index (χ2v) is 3.80. The van der Waals surface area contributed by atoms with Gasteiger partial charge in [-0.1, -0.05) is 30.3 Å². The van der Waals surface area contributed by atoms with Crippen LogP contribution in [-0.2, 0) is 20.7 Å². The summed E-state index contributed by atoms with van der Waals surface area (Å²) in [6.07, 6.45) is 1.26. The van der Waals surface area contributed by atoms with E-state index in [0.29, 0.717) is 6.42 Å². The topological polar surface area (TPSA) is 55.4 Å². The number of hydrogen-bond donors (Lipinski definition) is 1. The molecule has 0 spiro atoms. The predicted molar refractivity (Wildman–Crippen MR) is 64.4 cm³/mol. The molecule has 0 aliphatic carbocycles. The number of benzene rings is 1. The van der Waals surface area contributed by atoms with E-state index in [-0.39, 0.29) is 5.91 Å². The van der Waals surface area contributed by atoms with Gasteiger partial charge in [0, 0.05) is 6.92 Å². The first kappa shape index (κ1) is 13.2. The minimum atomic E-state index is -0.572. The second kappa shape index (κ2) is 6.68. The summed E-state index contributed by atoms with van der Waals surface area (Å²) >= 11 is 0. The fraction of sp³-hybridized carbons (Fsp3) is 0.385. The van der Waals surface area contributed by atoms with Gasteiger partial charge in [0.05, 0.1) is 7.11 Å². The van der Waals surface area contributed by atoms with Crippen molar-refractivity contribution in [2.75, 3.05) is 7.11 Å². The van der Waals surface area contributed by atoms with Gasteiger partial charge in [-0.2, -0.15) is 0 Å². The van der Waals surface area contributed by atoms with Crippen molar-refractivity contribution in [3.05, 3.63) is 35.9 Å². The number of methoxy groups -OCH3 is 1. The van der Waals surface area contributed by atoms with Crippen LogP contribution in [0.3, 0.4) is 0 Å². The van der Waals surface area contributed by atoms with Gasteiger partial charge in [0.1, 0.15) is 6.04 Å². The Labute approximate surface area is 101 Å². The highest BCUT2D eigenvalue weighted by Crippen LogP contribution is 2.06. The van der Waals surface area contributed by atoms with Crippen LogP contribution in [-0.4, -0.2) is 25.0 Å². The number of ether oxygens (including phenoxy) is 1. The fourth-order valence-corrected chi connectivity index (χ4v) is 1.59. The highest BCUT2D eigenvalue weighted by atomic mass is 16.5. The van der Waals surface area contributed by atoms with E-state index in [1.165, 1.54) is 14.0 Å². The van der Waals surface area contributed by atoms with Gasteiger partial charge in [0.25, 0.3) is 0 Å². The molecule has 4 heteroatoms. The molecule has 1 atom stereocenters. The molecule has 0 radical (unpaired) electrons. The van der Waals surface area contributed by atoms with E-state index in [1.807, 2.05) is 30.3 Å². The maximum atomic E-state index is 11.4. The van der Waals surface area contributed by atoms with Crippen LogP contribution in [0.5, 0.6) is 0 Å². The summed E-state index contributed by atoms with van der Waals surface area (Å²) in [5, 5.41) is 2.59. The molecule has 1 aromatic carbocycles. The summed E-state index contributed by atoms with van der Waals surface area (Å²) in [6, 6.07) is 9.24. The third kappa shape index (κ3) is 4.68. The minimum Gasteiger partial charge on any atom is -0.467 e. The predicted octanol–water partition coefficient (Wildman–Crippen LogP) is 1.30. The third-order valence-corrected chi connectivity index (χ3v) is 2.43. The van der Waals surface area contributed by atoms with Crippen molar-refractivity contribution >= 4 is 11.9 Å². The first-order valence-corrected chi connectivity index (χ1v) is 5.52. The zero-order valence-electron chi connectivity index (χ0n) is 10.1. The summed E-state index contributed by atoms with van der Waals surface area (Å²) in [7, 11) is 1.32. The Morgan fingerprint density at radius 2 is 1.94 bits per heavy atom. The molecule has 0 unspecified atom stereocenters. The van der Waals surface area contributed by atoms with Crippen LogP contribution in [0.4, 0.5) is 0 Å². The number of rotatable bonds is 5. The molecule has 0 saturated heterocycles. The van der Waals surface area contributed by atoms with Crippen LogP contribution < -0.4 is 5.32 Å². The SMILES string of the molecule is COC(=O)[C@@H](CCc1ccccc1)NC(C)=O. The van der Waals surface area contributed by atoms with E-state index in [4.69, 9.17) is 0 Å². The van der Waals surface area contributed by atoms with Crippen LogP contribution in [0.15, 0.2) is 30.3 Å². The van der Waals surface area contributed by atoms with Crippen molar-refractivity contribution < 1.29 is 14.3 Å². The molecule has 0 aromatic heterocycles. The first-order valence-electron chi connectivity index (χ1n) is 5.52. The average Bonchev–Trinajstić information content (AvgIpc) is 2.34. The number of amides is 1. The molecule has 1 aromatic rings. The van der Waals surface area contributed by atoms with E-state index in [2.05, 4.69) is 10.1 Å². The second-order valence-electron chi connectivity index (χ2n) is 3.80. The molecule has 0 aliphatic rings. The van der Waals surface area contributed by atoms with E-state index >= 15 is 0 Å². The third-order valence-electron chi connectivity index (χ3n) is 2.43. The molecule has 1 N–H and O–H groups in total. The van der Waals surface area contributed by atoms with E-state index in [1.54, 1.807) is 0 Å². The standard InChI is InChI=1S/C13H17NO3/c1-10(15)14-12(13(16)17-2)9-8-11-6-4-3-5-7-11/h3-7,12H,8-9H2,1-2H3,(H,14,15)/t12-/m1/s1. The molecule has 4 nitrogen and oxygen atoms in total. The Bertz CT molecular complexity index is 376. The van der Waals surface area contributed by atoms with Gasteiger partial charge in [-0.25, -0.2) is 4.79 Å².